The zero-order chi connectivity index (χ0) is 11.6. The molecular weight excluding hydrogens is 198 g/mol. The number of unbranched alkanes of at least 4 members (excludes halogenated alkanes) is 1. The van der Waals surface area contributed by atoms with Crippen LogP contribution in [0, 0.1) is 6.42 Å². The number of nitrogens with zero attached hydrogens (tertiary/aromatic N) is 1. The van der Waals surface area contributed by atoms with Crippen molar-refractivity contribution in [2.24, 2.45) is 0 Å². The van der Waals surface area contributed by atoms with E-state index in [0.717, 1.165) is 19.7 Å². The van der Waals surface area contributed by atoms with Crippen LogP contribution in [0.4, 0.5) is 0 Å². The summed E-state index contributed by atoms with van der Waals surface area (Å²) >= 11 is 0. The summed E-state index contributed by atoms with van der Waals surface area (Å²) in [6.45, 7) is 6.81. The highest BCUT2D eigenvalue weighted by Crippen LogP contribution is 2.19. The molecule has 0 aromatic carbocycles. The minimum Gasteiger partial charge on any atom is -0.378 e. The van der Waals surface area contributed by atoms with Gasteiger partial charge in [-0.3, -0.25) is 0 Å². The maximum Gasteiger partial charge on any atom is 0.0575 e. The highest BCUT2D eigenvalue weighted by atomic mass is 16.5. The van der Waals surface area contributed by atoms with Crippen LogP contribution in [0.2, 0.25) is 0 Å². The van der Waals surface area contributed by atoms with E-state index in [1.807, 2.05) is 6.08 Å². The SMILES string of the molecule is C=CCN(C)CCCCOC1CC[CH]CC1. The summed E-state index contributed by atoms with van der Waals surface area (Å²) in [6.07, 6.45) is 12.2. The average Bonchev–Trinajstić information content (AvgIpc) is 2.30. The quantitative estimate of drug-likeness (QED) is 0.464. The van der Waals surface area contributed by atoms with E-state index in [-0.39, 0.29) is 0 Å². The molecule has 0 saturated heterocycles. The fraction of sp³-hybridized carbons (Fsp3) is 0.786. The molecule has 0 unspecified atom stereocenters. The van der Waals surface area contributed by atoms with E-state index >= 15 is 0 Å². The fourth-order valence-electron chi connectivity index (χ4n) is 2.11. The van der Waals surface area contributed by atoms with Crippen LogP contribution in [0.15, 0.2) is 12.7 Å². The van der Waals surface area contributed by atoms with Crippen LogP contribution in [-0.4, -0.2) is 37.7 Å². The Morgan fingerprint density at radius 1 is 1.38 bits per heavy atom. The Kier molecular flexibility index (Phi) is 7.52. The van der Waals surface area contributed by atoms with E-state index < -0.39 is 0 Å². The van der Waals surface area contributed by atoms with E-state index in [2.05, 4.69) is 24.9 Å². The van der Waals surface area contributed by atoms with Crippen molar-refractivity contribution in [2.45, 2.75) is 44.6 Å². The number of likely N-dealkylation sites (N-methyl/N-ethyl adjacent to an activating group) is 1. The summed E-state index contributed by atoms with van der Waals surface area (Å²) in [7, 11) is 2.14. The van der Waals surface area contributed by atoms with Crippen LogP contribution in [0.5, 0.6) is 0 Å². The van der Waals surface area contributed by atoms with Gasteiger partial charge in [0.2, 0.25) is 0 Å². The topological polar surface area (TPSA) is 12.5 Å². The van der Waals surface area contributed by atoms with Gasteiger partial charge in [-0.05, 0) is 58.5 Å². The smallest absolute Gasteiger partial charge is 0.0575 e. The second kappa shape index (κ2) is 8.77. The number of ether oxygens (including phenoxy) is 1. The first kappa shape index (κ1) is 13.7. The lowest BCUT2D eigenvalue weighted by molar-refractivity contribution is 0.0321. The van der Waals surface area contributed by atoms with Gasteiger partial charge in [0, 0.05) is 13.2 Å². The molecular formula is C14H26NO. The van der Waals surface area contributed by atoms with Crippen LogP contribution >= 0.6 is 0 Å². The molecule has 1 aliphatic carbocycles. The monoisotopic (exact) mass is 224 g/mol. The van der Waals surface area contributed by atoms with Crippen LogP contribution in [0.25, 0.3) is 0 Å². The Hall–Kier alpha value is -0.340. The number of hydrogen-bond donors (Lipinski definition) is 0. The molecule has 0 heterocycles. The predicted molar refractivity (Wildman–Crippen MR) is 69.4 cm³/mol. The molecule has 1 rings (SSSR count). The molecule has 1 radical (unpaired) electrons. The molecule has 2 nitrogen and oxygen atoms in total. The van der Waals surface area contributed by atoms with Crippen molar-refractivity contribution in [1.82, 2.24) is 4.90 Å². The molecule has 1 aliphatic rings. The molecule has 93 valence electrons. The lowest BCUT2D eigenvalue weighted by Gasteiger charge is -2.22. The van der Waals surface area contributed by atoms with E-state index in [1.54, 1.807) is 0 Å². The van der Waals surface area contributed by atoms with Gasteiger partial charge in [-0.1, -0.05) is 6.08 Å². The molecule has 0 aromatic rings. The molecule has 1 saturated carbocycles. The average molecular weight is 224 g/mol. The first-order valence-electron chi connectivity index (χ1n) is 6.55. The molecule has 0 bridgehead atoms. The highest BCUT2D eigenvalue weighted by Gasteiger charge is 2.13. The van der Waals surface area contributed by atoms with Gasteiger partial charge < -0.3 is 9.64 Å². The first-order valence-corrected chi connectivity index (χ1v) is 6.55. The van der Waals surface area contributed by atoms with Crippen molar-refractivity contribution >= 4 is 0 Å². The molecule has 0 aromatic heterocycles. The summed E-state index contributed by atoms with van der Waals surface area (Å²) in [4.78, 5) is 2.29. The molecule has 16 heavy (non-hydrogen) atoms. The van der Waals surface area contributed by atoms with Crippen molar-refractivity contribution in [3.8, 4) is 0 Å². The summed E-state index contributed by atoms with van der Waals surface area (Å²) in [5, 5.41) is 0. The van der Waals surface area contributed by atoms with E-state index in [1.165, 1.54) is 38.5 Å². The largest absolute Gasteiger partial charge is 0.378 e. The van der Waals surface area contributed by atoms with Crippen LogP contribution < -0.4 is 0 Å². The first-order chi connectivity index (χ1) is 7.83. The van der Waals surface area contributed by atoms with Crippen molar-refractivity contribution in [1.29, 1.82) is 0 Å². The lowest BCUT2D eigenvalue weighted by atomic mass is 9.98. The normalized spacial score (nSPS) is 17.9. The van der Waals surface area contributed by atoms with Crippen LogP contribution in [0.1, 0.15) is 38.5 Å². The third kappa shape index (κ3) is 6.29. The van der Waals surface area contributed by atoms with Crippen molar-refractivity contribution in [3.63, 3.8) is 0 Å². The number of rotatable bonds is 8. The zero-order valence-corrected chi connectivity index (χ0v) is 10.7. The van der Waals surface area contributed by atoms with Gasteiger partial charge in [0.05, 0.1) is 6.10 Å². The van der Waals surface area contributed by atoms with E-state index in [4.69, 9.17) is 4.74 Å². The second-order valence-corrected chi connectivity index (χ2v) is 4.69. The van der Waals surface area contributed by atoms with Gasteiger partial charge in [0.1, 0.15) is 0 Å². The molecule has 0 amide bonds. The van der Waals surface area contributed by atoms with Crippen molar-refractivity contribution in [2.75, 3.05) is 26.7 Å². The van der Waals surface area contributed by atoms with Crippen LogP contribution in [0.3, 0.4) is 0 Å². The molecule has 1 fully saturated rings. The molecule has 0 spiro atoms. The standard InChI is InChI=1S/C14H26NO/c1-3-11-15(2)12-7-8-13-16-14-9-5-4-6-10-14/h3-4,14H,1,5-13H2,2H3. The minimum absolute atomic E-state index is 0.538. The second-order valence-electron chi connectivity index (χ2n) is 4.69. The maximum atomic E-state index is 5.87. The van der Waals surface area contributed by atoms with Gasteiger partial charge in [-0.2, -0.15) is 0 Å². The zero-order valence-electron chi connectivity index (χ0n) is 10.7. The van der Waals surface area contributed by atoms with E-state index in [0.29, 0.717) is 6.10 Å². The van der Waals surface area contributed by atoms with Gasteiger partial charge >= 0.3 is 0 Å². The Morgan fingerprint density at radius 2 is 2.12 bits per heavy atom. The maximum absolute atomic E-state index is 5.87. The van der Waals surface area contributed by atoms with Crippen molar-refractivity contribution < 1.29 is 4.74 Å². The summed E-state index contributed by atoms with van der Waals surface area (Å²) in [5.41, 5.74) is 0. The Morgan fingerprint density at radius 3 is 2.81 bits per heavy atom. The van der Waals surface area contributed by atoms with Crippen molar-refractivity contribution in [3.05, 3.63) is 19.1 Å². The molecule has 0 N–H and O–H groups in total. The van der Waals surface area contributed by atoms with Gasteiger partial charge in [0.15, 0.2) is 0 Å². The summed E-state index contributed by atoms with van der Waals surface area (Å²) < 4.78 is 5.87. The Bertz CT molecular complexity index is 176. The predicted octanol–water partition coefficient (Wildman–Crippen LogP) is 3.05. The fourth-order valence-corrected chi connectivity index (χ4v) is 2.11. The number of hydrogen-bond acceptors (Lipinski definition) is 2. The minimum atomic E-state index is 0.538. The highest BCUT2D eigenvalue weighted by molar-refractivity contribution is 4.76. The Labute approximate surface area is 101 Å². The third-order valence-corrected chi connectivity index (χ3v) is 3.11. The van der Waals surface area contributed by atoms with Gasteiger partial charge in [0.25, 0.3) is 0 Å². The van der Waals surface area contributed by atoms with Gasteiger partial charge in [-0.25, -0.2) is 0 Å². The molecule has 0 atom stereocenters. The summed E-state index contributed by atoms with van der Waals surface area (Å²) in [5.74, 6) is 0. The third-order valence-electron chi connectivity index (χ3n) is 3.11. The molecule has 2 heteroatoms. The molecule has 0 aliphatic heterocycles. The van der Waals surface area contributed by atoms with E-state index in [9.17, 15) is 0 Å². The Balaban J connectivity index is 1.89. The van der Waals surface area contributed by atoms with Crippen LogP contribution in [-0.2, 0) is 4.74 Å². The summed E-state index contributed by atoms with van der Waals surface area (Å²) in [6, 6.07) is 0. The van der Waals surface area contributed by atoms with Gasteiger partial charge in [-0.15, -0.1) is 6.58 Å². The lowest BCUT2D eigenvalue weighted by Crippen LogP contribution is -2.21.